The molecule has 2 aromatic rings. The highest BCUT2D eigenvalue weighted by Gasteiger charge is 2.13. The molecule has 0 aliphatic heterocycles. The van der Waals surface area contributed by atoms with Crippen LogP contribution in [0.15, 0.2) is 49.1 Å². The molecule has 118 valence electrons. The Labute approximate surface area is 136 Å². The van der Waals surface area contributed by atoms with Crippen molar-refractivity contribution in [2.45, 2.75) is 0 Å². The molecule has 0 saturated carbocycles. The predicted octanol–water partition coefficient (Wildman–Crippen LogP) is 3.56. The van der Waals surface area contributed by atoms with E-state index in [1.165, 1.54) is 30.3 Å². The number of aromatic hydroxyl groups is 1. The lowest BCUT2D eigenvalue weighted by molar-refractivity contribution is -0.111. The highest BCUT2D eigenvalue weighted by Crippen LogP contribution is 2.24. The standard InChI is InChI=1S/C16H12ClFN2O3/c1-2-15(22)19-9-4-6-14(21)11(7-9)16(23)20-10-3-5-13(18)12(17)8-10/h2-8,21H,1H2,(H,19,22)(H,20,23). The van der Waals surface area contributed by atoms with Crippen molar-refractivity contribution >= 4 is 34.8 Å². The molecular weight excluding hydrogens is 323 g/mol. The quantitative estimate of drug-likeness (QED) is 0.591. The first-order valence-electron chi connectivity index (χ1n) is 6.43. The van der Waals surface area contributed by atoms with Gasteiger partial charge in [0.05, 0.1) is 10.6 Å². The summed E-state index contributed by atoms with van der Waals surface area (Å²) >= 11 is 5.64. The van der Waals surface area contributed by atoms with E-state index >= 15 is 0 Å². The molecule has 2 aromatic carbocycles. The van der Waals surface area contributed by atoms with E-state index in [0.29, 0.717) is 5.69 Å². The van der Waals surface area contributed by atoms with E-state index in [1.807, 2.05) is 0 Å². The van der Waals surface area contributed by atoms with Crippen LogP contribution in [0.1, 0.15) is 10.4 Å². The molecule has 0 bridgehead atoms. The minimum absolute atomic E-state index is 0.0627. The van der Waals surface area contributed by atoms with Gasteiger partial charge < -0.3 is 15.7 Å². The normalized spacial score (nSPS) is 10.0. The first-order valence-corrected chi connectivity index (χ1v) is 6.81. The van der Waals surface area contributed by atoms with Gasteiger partial charge in [-0.05, 0) is 42.5 Å². The van der Waals surface area contributed by atoms with Crippen molar-refractivity contribution in [3.05, 3.63) is 65.5 Å². The van der Waals surface area contributed by atoms with Crippen LogP contribution in [0.5, 0.6) is 5.75 Å². The smallest absolute Gasteiger partial charge is 0.259 e. The number of halogens is 2. The van der Waals surface area contributed by atoms with Gasteiger partial charge in [-0.2, -0.15) is 0 Å². The number of rotatable bonds is 4. The lowest BCUT2D eigenvalue weighted by atomic mass is 10.1. The Balaban J connectivity index is 2.23. The third-order valence-corrected chi connectivity index (χ3v) is 3.16. The molecule has 7 heteroatoms. The molecule has 0 aromatic heterocycles. The summed E-state index contributed by atoms with van der Waals surface area (Å²) in [6, 6.07) is 7.69. The van der Waals surface area contributed by atoms with Crippen molar-refractivity contribution in [1.29, 1.82) is 0 Å². The summed E-state index contributed by atoms with van der Waals surface area (Å²) in [5.74, 6) is -1.97. The molecule has 23 heavy (non-hydrogen) atoms. The van der Waals surface area contributed by atoms with Gasteiger partial charge in [-0.15, -0.1) is 0 Å². The summed E-state index contributed by atoms with van der Waals surface area (Å²) in [6.45, 7) is 3.32. The summed E-state index contributed by atoms with van der Waals surface area (Å²) in [7, 11) is 0. The Kier molecular flexibility index (Phi) is 4.98. The van der Waals surface area contributed by atoms with Crippen molar-refractivity contribution in [3.63, 3.8) is 0 Å². The molecule has 0 aliphatic carbocycles. The average Bonchev–Trinajstić information content (AvgIpc) is 2.52. The van der Waals surface area contributed by atoms with Gasteiger partial charge in [0.25, 0.3) is 5.91 Å². The van der Waals surface area contributed by atoms with Gasteiger partial charge in [-0.25, -0.2) is 4.39 Å². The fourth-order valence-electron chi connectivity index (χ4n) is 1.76. The maximum atomic E-state index is 13.1. The van der Waals surface area contributed by atoms with Crippen molar-refractivity contribution in [2.24, 2.45) is 0 Å². The number of carbonyl (C=O) groups is 2. The van der Waals surface area contributed by atoms with Crippen molar-refractivity contribution in [3.8, 4) is 5.75 Å². The largest absolute Gasteiger partial charge is 0.507 e. The molecule has 0 unspecified atom stereocenters. The second kappa shape index (κ2) is 6.93. The second-order valence-electron chi connectivity index (χ2n) is 4.51. The van der Waals surface area contributed by atoms with E-state index in [1.54, 1.807) is 0 Å². The molecule has 5 nitrogen and oxygen atoms in total. The van der Waals surface area contributed by atoms with E-state index in [4.69, 9.17) is 11.6 Å². The molecule has 2 amide bonds. The Morgan fingerprint density at radius 1 is 1.13 bits per heavy atom. The summed E-state index contributed by atoms with van der Waals surface area (Å²) < 4.78 is 13.1. The van der Waals surface area contributed by atoms with Crippen LogP contribution in [0.2, 0.25) is 5.02 Å². The molecule has 0 spiro atoms. The van der Waals surface area contributed by atoms with Crippen molar-refractivity contribution < 1.29 is 19.1 Å². The SMILES string of the molecule is C=CC(=O)Nc1ccc(O)c(C(=O)Nc2ccc(F)c(Cl)c2)c1. The van der Waals surface area contributed by atoms with Gasteiger partial charge in [0.1, 0.15) is 11.6 Å². The topological polar surface area (TPSA) is 78.4 Å². The zero-order valence-corrected chi connectivity index (χ0v) is 12.5. The Hall–Kier alpha value is -2.86. The fraction of sp³-hybridized carbons (Fsp3) is 0. The van der Waals surface area contributed by atoms with Crippen molar-refractivity contribution in [2.75, 3.05) is 10.6 Å². The minimum Gasteiger partial charge on any atom is -0.507 e. The second-order valence-corrected chi connectivity index (χ2v) is 4.92. The van der Waals surface area contributed by atoms with Crippen LogP contribution < -0.4 is 10.6 Å². The van der Waals surface area contributed by atoms with E-state index in [2.05, 4.69) is 17.2 Å². The Bertz CT molecular complexity index is 793. The zero-order valence-electron chi connectivity index (χ0n) is 11.8. The Morgan fingerprint density at radius 2 is 1.78 bits per heavy atom. The number of benzene rings is 2. The number of carbonyl (C=O) groups excluding carboxylic acids is 2. The molecule has 0 atom stereocenters. The summed E-state index contributed by atoms with van der Waals surface area (Å²) in [5, 5.41) is 14.6. The summed E-state index contributed by atoms with van der Waals surface area (Å²) in [5.41, 5.74) is 0.517. The maximum Gasteiger partial charge on any atom is 0.259 e. The van der Waals surface area contributed by atoms with E-state index in [0.717, 1.165) is 12.1 Å². The average molecular weight is 335 g/mol. The van der Waals surface area contributed by atoms with Gasteiger partial charge in [-0.1, -0.05) is 18.2 Å². The fourth-order valence-corrected chi connectivity index (χ4v) is 1.94. The first-order chi connectivity index (χ1) is 10.9. The van der Waals surface area contributed by atoms with Gasteiger partial charge in [0, 0.05) is 11.4 Å². The van der Waals surface area contributed by atoms with Gasteiger partial charge in [0.15, 0.2) is 0 Å². The third kappa shape index (κ3) is 4.08. The molecule has 0 radical (unpaired) electrons. The highest BCUT2D eigenvalue weighted by molar-refractivity contribution is 6.31. The van der Waals surface area contributed by atoms with Crippen LogP contribution >= 0.6 is 11.6 Å². The molecular formula is C16H12ClFN2O3. The van der Waals surface area contributed by atoms with Gasteiger partial charge in [0.2, 0.25) is 5.91 Å². The predicted molar refractivity (Wildman–Crippen MR) is 86.3 cm³/mol. The number of phenols is 1. The lowest BCUT2D eigenvalue weighted by Gasteiger charge is -2.09. The summed E-state index contributed by atoms with van der Waals surface area (Å²) in [4.78, 5) is 23.5. The van der Waals surface area contributed by atoms with Gasteiger partial charge in [-0.3, -0.25) is 9.59 Å². The van der Waals surface area contributed by atoms with Crippen LogP contribution in [0.25, 0.3) is 0 Å². The number of hydrogen-bond acceptors (Lipinski definition) is 3. The minimum atomic E-state index is -0.639. The molecule has 0 aliphatic rings. The molecule has 0 saturated heterocycles. The molecule has 0 fully saturated rings. The number of anilines is 2. The van der Waals surface area contributed by atoms with E-state index < -0.39 is 17.6 Å². The van der Waals surface area contributed by atoms with Crippen LogP contribution in [-0.2, 0) is 4.79 Å². The van der Waals surface area contributed by atoms with Crippen LogP contribution in [0.4, 0.5) is 15.8 Å². The lowest BCUT2D eigenvalue weighted by Crippen LogP contribution is -2.13. The zero-order chi connectivity index (χ0) is 17.0. The number of hydrogen-bond donors (Lipinski definition) is 3. The van der Waals surface area contributed by atoms with Gasteiger partial charge >= 0.3 is 0 Å². The van der Waals surface area contributed by atoms with E-state index in [9.17, 15) is 19.1 Å². The van der Waals surface area contributed by atoms with Crippen LogP contribution in [-0.4, -0.2) is 16.9 Å². The molecule has 3 N–H and O–H groups in total. The first kappa shape index (κ1) is 16.5. The van der Waals surface area contributed by atoms with Crippen LogP contribution in [0, 0.1) is 5.82 Å². The highest BCUT2D eigenvalue weighted by atomic mass is 35.5. The third-order valence-electron chi connectivity index (χ3n) is 2.87. The number of nitrogens with one attached hydrogen (secondary N) is 2. The monoisotopic (exact) mass is 334 g/mol. The Morgan fingerprint density at radius 3 is 2.43 bits per heavy atom. The molecule has 0 heterocycles. The van der Waals surface area contributed by atoms with Crippen molar-refractivity contribution in [1.82, 2.24) is 0 Å². The number of amides is 2. The van der Waals surface area contributed by atoms with E-state index in [-0.39, 0.29) is 22.0 Å². The molecule has 2 rings (SSSR count). The number of phenolic OH excluding ortho intramolecular Hbond substituents is 1. The summed E-state index contributed by atoms with van der Waals surface area (Å²) in [6.07, 6.45) is 1.08. The van der Waals surface area contributed by atoms with Crippen LogP contribution in [0.3, 0.4) is 0 Å². The maximum absolute atomic E-state index is 13.1.